The molecule has 6 nitrogen and oxygen atoms in total. The predicted molar refractivity (Wildman–Crippen MR) is 94.4 cm³/mol. The lowest BCUT2D eigenvalue weighted by atomic mass is 9.87. The fourth-order valence-corrected chi connectivity index (χ4v) is 4.10. The third-order valence-corrected chi connectivity index (χ3v) is 5.37. The van der Waals surface area contributed by atoms with Gasteiger partial charge in [0.2, 0.25) is 0 Å². The van der Waals surface area contributed by atoms with Gasteiger partial charge in [0.1, 0.15) is 5.00 Å². The van der Waals surface area contributed by atoms with E-state index in [0.29, 0.717) is 16.5 Å². The Kier molecular flexibility index (Phi) is 4.44. The van der Waals surface area contributed by atoms with Crippen molar-refractivity contribution in [3.8, 4) is 0 Å². The molecule has 1 aliphatic rings. The summed E-state index contributed by atoms with van der Waals surface area (Å²) in [4.78, 5) is 27.7. The maximum Gasteiger partial charge on any atom is 0.269 e. The number of carbonyl (C=O) groups excluding carboxylic acids is 1. The minimum absolute atomic E-state index is 0.0329. The molecule has 1 amide bonds. The molecule has 1 aliphatic carbocycles. The summed E-state index contributed by atoms with van der Waals surface area (Å²) in [6.45, 7) is 2.17. The summed E-state index contributed by atoms with van der Waals surface area (Å²) in [6.07, 6.45) is 4.53. The highest BCUT2D eigenvalue weighted by molar-refractivity contribution is 7.16. The van der Waals surface area contributed by atoms with Crippen LogP contribution >= 0.6 is 11.3 Å². The van der Waals surface area contributed by atoms with E-state index in [1.807, 2.05) is 0 Å². The van der Waals surface area contributed by atoms with Crippen molar-refractivity contribution in [2.75, 3.05) is 0 Å². The van der Waals surface area contributed by atoms with Crippen LogP contribution in [0.5, 0.6) is 0 Å². The molecule has 7 heteroatoms. The van der Waals surface area contributed by atoms with Gasteiger partial charge >= 0.3 is 0 Å². The topological polar surface area (TPSA) is 98.6 Å². The van der Waals surface area contributed by atoms with Gasteiger partial charge in [-0.05, 0) is 48.4 Å². The molecule has 0 spiro atoms. The Morgan fingerprint density at radius 3 is 2.75 bits per heavy atom. The van der Waals surface area contributed by atoms with E-state index >= 15 is 0 Å². The summed E-state index contributed by atoms with van der Waals surface area (Å²) in [5.41, 5.74) is 7.91. The van der Waals surface area contributed by atoms with Crippen LogP contribution in [-0.4, -0.2) is 17.0 Å². The van der Waals surface area contributed by atoms with Gasteiger partial charge in [-0.25, -0.2) is 4.99 Å². The molecule has 124 valence electrons. The van der Waals surface area contributed by atoms with E-state index in [2.05, 4.69) is 11.9 Å². The summed E-state index contributed by atoms with van der Waals surface area (Å²) in [6, 6.07) is 6.11. The van der Waals surface area contributed by atoms with Gasteiger partial charge < -0.3 is 5.73 Å². The Morgan fingerprint density at radius 1 is 1.42 bits per heavy atom. The molecule has 1 heterocycles. The SMILES string of the molecule is CC1CCc2sc(N=Cc3ccc([N+](=O)[O-])cc3)c(C(N)=O)c2C1. The molecule has 0 saturated carbocycles. The summed E-state index contributed by atoms with van der Waals surface area (Å²) in [5, 5.41) is 11.3. The number of thiophene rings is 1. The van der Waals surface area contributed by atoms with Gasteiger partial charge in [-0.2, -0.15) is 0 Å². The molecular formula is C17H17N3O3S. The molecule has 0 aliphatic heterocycles. The third-order valence-electron chi connectivity index (χ3n) is 4.17. The normalized spacial score (nSPS) is 17.0. The third kappa shape index (κ3) is 3.21. The number of aliphatic imine (C=N–C) groups is 1. The first-order valence-corrected chi connectivity index (χ1v) is 8.50. The number of fused-ring (bicyclic) bond motifs is 1. The Hall–Kier alpha value is -2.54. The maximum absolute atomic E-state index is 11.9. The number of nitro groups is 1. The zero-order valence-electron chi connectivity index (χ0n) is 13.2. The van der Waals surface area contributed by atoms with Crippen molar-refractivity contribution < 1.29 is 9.72 Å². The molecule has 1 unspecified atom stereocenters. The lowest BCUT2D eigenvalue weighted by Gasteiger charge is -2.18. The van der Waals surface area contributed by atoms with Crippen molar-refractivity contribution in [1.29, 1.82) is 0 Å². The Morgan fingerprint density at radius 2 is 2.12 bits per heavy atom. The number of hydrogen-bond donors (Lipinski definition) is 1. The maximum atomic E-state index is 11.9. The molecule has 3 rings (SSSR count). The second-order valence-corrected chi connectivity index (χ2v) is 7.09. The van der Waals surface area contributed by atoms with Gasteiger partial charge in [0.15, 0.2) is 0 Å². The fraction of sp³-hybridized carbons (Fsp3) is 0.294. The van der Waals surface area contributed by atoms with Crippen molar-refractivity contribution in [3.63, 3.8) is 0 Å². The minimum Gasteiger partial charge on any atom is -0.365 e. The Bertz CT molecular complexity index is 824. The van der Waals surface area contributed by atoms with Crippen molar-refractivity contribution >= 4 is 34.1 Å². The van der Waals surface area contributed by atoms with Crippen molar-refractivity contribution in [3.05, 3.63) is 55.9 Å². The minimum atomic E-state index is -0.447. The first kappa shape index (κ1) is 16.3. The molecule has 0 saturated heterocycles. The van der Waals surface area contributed by atoms with E-state index in [-0.39, 0.29) is 5.69 Å². The zero-order chi connectivity index (χ0) is 17.3. The highest BCUT2D eigenvalue weighted by Gasteiger charge is 2.26. The number of hydrogen-bond acceptors (Lipinski definition) is 5. The van der Waals surface area contributed by atoms with Crippen molar-refractivity contribution in [2.24, 2.45) is 16.6 Å². The number of primary amides is 1. The number of nitrogens with two attached hydrogens (primary N) is 1. The van der Waals surface area contributed by atoms with Gasteiger partial charge in [0.05, 0.1) is 10.5 Å². The molecule has 2 N–H and O–H groups in total. The van der Waals surface area contributed by atoms with E-state index in [9.17, 15) is 14.9 Å². The molecule has 24 heavy (non-hydrogen) atoms. The van der Waals surface area contributed by atoms with Crippen molar-refractivity contribution in [2.45, 2.75) is 26.2 Å². The van der Waals surface area contributed by atoms with Crippen LogP contribution in [0.4, 0.5) is 10.7 Å². The number of carbonyl (C=O) groups is 1. The molecule has 1 atom stereocenters. The second-order valence-electron chi connectivity index (χ2n) is 6.00. The number of nitro benzene ring substituents is 1. The van der Waals surface area contributed by atoms with Crippen LogP contribution in [0.1, 0.15) is 39.7 Å². The predicted octanol–water partition coefficient (Wildman–Crippen LogP) is 3.63. The number of non-ortho nitro benzene ring substituents is 1. The molecular weight excluding hydrogens is 326 g/mol. The summed E-state index contributed by atoms with van der Waals surface area (Å²) in [7, 11) is 0. The number of benzene rings is 1. The molecule has 2 aromatic rings. The molecule has 0 fully saturated rings. The number of nitrogens with zero attached hydrogens (tertiary/aromatic N) is 2. The quantitative estimate of drug-likeness (QED) is 0.521. The number of aryl methyl sites for hydroxylation is 1. The highest BCUT2D eigenvalue weighted by atomic mass is 32.1. The monoisotopic (exact) mass is 343 g/mol. The standard InChI is InChI=1S/C17H17N3O3S/c1-10-2-7-14-13(8-10)15(16(18)21)17(24-14)19-9-11-3-5-12(6-4-11)20(22)23/h3-6,9-10H,2,7-8H2,1H3,(H2,18,21). The van der Waals surface area contributed by atoms with Crippen LogP contribution in [0.3, 0.4) is 0 Å². The highest BCUT2D eigenvalue weighted by Crippen LogP contribution is 2.40. The van der Waals surface area contributed by atoms with Crippen LogP contribution < -0.4 is 5.73 Å². The molecule has 1 aromatic carbocycles. The lowest BCUT2D eigenvalue weighted by molar-refractivity contribution is -0.384. The smallest absolute Gasteiger partial charge is 0.269 e. The van der Waals surface area contributed by atoms with Gasteiger partial charge in [-0.15, -0.1) is 11.3 Å². The van der Waals surface area contributed by atoms with E-state index in [0.717, 1.165) is 30.4 Å². The van der Waals surface area contributed by atoms with Crippen LogP contribution in [0, 0.1) is 16.0 Å². The second kappa shape index (κ2) is 6.52. The number of rotatable bonds is 4. The van der Waals surface area contributed by atoms with Crippen LogP contribution in [-0.2, 0) is 12.8 Å². The molecule has 0 radical (unpaired) electrons. The number of amides is 1. The summed E-state index contributed by atoms with van der Waals surface area (Å²) in [5.74, 6) is 0.0918. The lowest BCUT2D eigenvalue weighted by Crippen LogP contribution is -2.17. The first-order valence-electron chi connectivity index (χ1n) is 7.68. The van der Waals surface area contributed by atoms with E-state index in [1.54, 1.807) is 18.3 Å². The Balaban J connectivity index is 1.92. The molecule has 1 aromatic heterocycles. The van der Waals surface area contributed by atoms with E-state index < -0.39 is 10.8 Å². The Labute approximate surface area is 143 Å². The fourth-order valence-electron chi connectivity index (χ4n) is 2.90. The average molecular weight is 343 g/mol. The largest absolute Gasteiger partial charge is 0.365 e. The molecule has 0 bridgehead atoms. The first-order chi connectivity index (χ1) is 11.5. The van der Waals surface area contributed by atoms with Gasteiger partial charge in [-0.3, -0.25) is 14.9 Å². The van der Waals surface area contributed by atoms with Crippen LogP contribution in [0.2, 0.25) is 0 Å². The van der Waals surface area contributed by atoms with Crippen LogP contribution in [0.25, 0.3) is 0 Å². The zero-order valence-corrected chi connectivity index (χ0v) is 14.0. The van der Waals surface area contributed by atoms with E-state index in [4.69, 9.17) is 5.73 Å². The average Bonchev–Trinajstić information content (AvgIpc) is 2.91. The van der Waals surface area contributed by atoms with Gasteiger partial charge in [-0.1, -0.05) is 6.92 Å². The van der Waals surface area contributed by atoms with Crippen LogP contribution in [0.15, 0.2) is 29.3 Å². The summed E-state index contributed by atoms with van der Waals surface area (Å²) >= 11 is 1.51. The summed E-state index contributed by atoms with van der Waals surface area (Å²) < 4.78 is 0. The van der Waals surface area contributed by atoms with Gasteiger partial charge in [0.25, 0.3) is 11.6 Å². The van der Waals surface area contributed by atoms with Crippen molar-refractivity contribution in [1.82, 2.24) is 0 Å². The van der Waals surface area contributed by atoms with E-state index in [1.165, 1.54) is 28.3 Å². The van der Waals surface area contributed by atoms with Gasteiger partial charge in [0, 0.05) is 23.2 Å².